The maximum atomic E-state index is 12.8. The van der Waals surface area contributed by atoms with E-state index >= 15 is 0 Å². The zero-order chi connectivity index (χ0) is 15.9. The highest BCUT2D eigenvalue weighted by molar-refractivity contribution is 7.80. The molecule has 0 spiro atoms. The second-order valence-electron chi connectivity index (χ2n) is 5.85. The van der Waals surface area contributed by atoms with Gasteiger partial charge in [0.05, 0.1) is 22.0 Å². The van der Waals surface area contributed by atoms with E-state index < -0.39 is 11.8 Å². The van der Waals surface area contributed by atoms with Gasteiger partial charge in [0.2, 0.25) is 0 Å². The number of aromatic nitrogens is 1. The fourth-order valence-electron chi connectivity index (χ4n) is 3.57. The van der Waals surface area contributed by atoms with Crippen LogP contribution in [0.3, 0.4) is 0 Å². The fourth-order valence-corrected chi connectivity index (χ4v) is 4.03. The van der Waals surface area contributed by atoms with Gasteiger partial charge in [0, 0.05) is 24.5 Å². The largest absolute Gasteiger partial charge is 0.393 e. The molecule has 2 N–H and O–H groups in total. The third-order valence-electron chi connectivity index (χ3n) is 4.60. The van der Waals surface area contributed by atoms with Gasteiger partial charge < -0.3 is 5.73 Å². The molecule has 0 aromatic carbocycles. The van der Waals surface area contributed by atoms with Crippen molar-refractivity contribution in [3.63, 3.8) is 0 Å². The molecule has 0 saturated carbocycles. The summed E-state index contributed by atoms with van der Waals surface area (Å²) in [5, 5.41) is 0.517. The van der Waals surface area contributed by atoms with E-state index in [0.717, 1.165) is 5.56 Å². The zero-order valence-electron chi connectivity index (χ0n) is 11.8. The number of pyridine rings is 1. The number of alkyl halides is 2. The summed E-state index contributed by atoms with van der Waals surface area (Å²) in [6.45, 7) is -0.233. The molecule has 2 aliphatic heterocycles. The molecule has 7 heteroatoms. The minimum atomic E-state index is -2.35. The Labute approximate surface area is 138 Å². The van der Waals surface area contributed by atoms with E-state index in [4.69, 9.17) is 29.6 Å². The average molecular weight is 344 g/mol. The van der Waals surface area contributed by atoms with Crippen LogP contribution in [-0.2, 0) is 5.41 Å². The van der Waals surface area contributed by atoms with E-state index in [-0.39, 0.29) is 18.6 Å². The Kier molecular flexibility index (Phi) is 4.18. The van der Waals surface area contributed by atoms with Crippen molar-refractivity contribution in [3.8, 4) is 0 Å². The van der Waals surface area contributed by atoms with Crippen molar-refractivity contribution in [1.82, 2.24) is 9.88 Å². The van der Waals surface area contributed by atoms with Crippen molar-refractivity contribution in [3.05, 3.63) is 41.2 Å². The number of nitrogens with two attached hydrogens (primary N) is 1. The Morgan fingerprint density at radius 1 is 1.41 bits per heavy atom. The molecule has 118 valence electrons. The minimum Gasteiger partial charge on any atom is -0.393 e. The highest BCUT2D eigenvalue weighted by Gasteiger charge is 2.49. The van der Waals surface area contributed by atoms with Gasteiger partial charge in [-0.2, -0.15) is 0 Å². The van der Waals surface area contributed by atoms with Gasteiger partial charge in [-0.05, 0) is 24.5 Å². The number of rotatable bonds is 4. The van der Waals surface area contributed by atoms with E-state index in [0.29, 0.717) is 22.9 Å². The predicted octanol–water partition coefficient (Wildman–Crippen LogP) is 2.93. The maximum Gasteiger partial charge on any atom is 0.251 e. The van der Waals surface area contributed by atoms with Gasteiger partial charge in [0.1, 0.15) is 0 Å². The number of piperidine rings is 1. The van der Waals surface area contributed by atoms with E-state index in [2.05, 4.69) is 4.98 Å². The number of fused-ring (bicyclic) bond motifs is 2. The number of nitrogens with zero attached hydrogens (tertiary/aromatic N) is 2. The number of halogens is 3. The minimum absolute atomic E-state index is 0.0896. The summed E-state index contributed by atoms with van der Waals surface area (Å²) in [6.07, 6.45) is 6.02. The van der Waals surface area contributed by atoms with Gasteiger partial charge in [0.15, 0.2) is 0 Å². The molecule has 3 atom stereocenters. The van der Waals surface area contributed by atoms with Crippen LogP contribution in [-0.4, -0.2) is 39.9 Å². The van der Waals surface area contributed by atoms with E-state index in [1.165, 1.54) is 0 Å². The van der Waals surface area contributed by atoms with Crippen molar-refractivity contribution in [2.45, 2.75) is 36.8 Å². The Bertz CT molecular complexity index is 607. The Morgan fingerprint density at radius 3 is 2.55 bits per heavy atom. The summed E-state index contributed by atoms with van der Waals surface area (Å²) in [7, 11) is 0. The molecule has 0 radical (unpaired) electrons. The lowest BCUT2D eigenvalue weighted by Crippen LogP contribution is -2.55. The first-order valence-electron chi connectivity index (χ1n) is 7.05. The first-order chi connectivity index (χ1) is 10.4. The van der Waals surface area contributed by atoms with Gasteiger partial charge in [-0.1, -0.05) is 36.0 Å². The quantitative estimate of drug-likeness (QED) is 0.674. The van der Waals surface area contributed by atoms with Crippen LogP contribution in [0.5, 0.6) is 0 Å². The topological polar surface area (TPSA) is 42.1 Å². The molecule has 1 saturated heterocycles. The van der Waals surface area contributed by atoms with Crippen LogP contribution in [0.4, 0.5) is 8.78 Å². The van der Waals surface area contributed by atoms with Gasteiger partial charge in [-0.15, -0.1) is 0 Å². The third kappa shape index (κ3) is 2.64. The van der Waals surface area contributed by atoms with E-state index in [1.807, 2.05) is 23.1 Å². The highest BCUT2D eigenvalue weighted by atomic mass is 35.5. The zero-order valence-corrected chi connectivity index (χ0v) is 13.3. The lowest BCUT2D eigenvalue weighted by atomic mass is 9.70. The molecule has 3 rings (SSSR count). The first-order valence-corrected chi connectivity index (χ1v) is 7.84. The lowest BCUT2D eigenvalue weighted by molar-refractivity contribution is 0.0399. The van der Waals surface area contributed by atoms with Crippen molar-refractivity contribution in [2.24, 2.45) is 5.73 Å². The van der Waals surface area contributed by atoms with Crippen LogP contribution in [0, 0.1) is 0 Å². The number of hydrogen-bond acceptors (Lipinski definition) is 3. The van der Waals surface area contributed by atoms with Crippen molar-refractivity contribution in [1.29, 1.82) is 0 Å². The summed E-state index contributed by atoms with van der Waals surface area (Å²) in [5.41, 5.74) is 6.36. The maximum absolute atomic E-state index is 12.8. The molecule has 1 aromatic heterocycles. The Morgan fingerprint density at radius 2 is 2.05 bits per heavy atom. The molecule has 1 aromatic rings. The van der Waals surface area contributed by atoms with Gasteiger partial charge in [-0.3, -0.25) is 9.88 Å². The Balaban J connectivity index is 1.94. The molecule has 1 fully saturated rings. The van der Waals surface area contributed by atoms with Crippen molar-refractivity contribution in [2.75, 3.05) is 6.54 Å². The standard InChI is InChI=1S/C15H16ClF2N3S/c16-10-3-9(6-20-7-10)15(14(19)22)4-11-1-2-12(5-15)21(11)8-13(17)18/h1-3,6-7,11-13H,4-5,8H2,(H2,19,22)/t11-,12+,15?. The molecule has 1 unspecified atom stereocenters. The number of thiocarbonyl (C=S) groups is 1. The number of hydrogen-bond donors (Lipinski definition) is 1. The van der Waals surface area contributed by atoms with Gasteiger partial charge in [0.25, 0.3) is 6.43 Å². The van der Waals surface area contributed by atoms with Crippen LogP contribution in [0.25, 0.3) is 0 Å². The summed E-state index contributed by atoms with van der Waals surface area (Å²) in [6, 6.07) is 1.64. The first kappa shape index (κ1) is 15.8. The van der Waals surface area contributed by atoms with Crippen molar-refractivity contribution >= 4 is 28.8 Å². The van der Waals surface area contributed by atoms with Crippen LogP contribution >= 0.6 is 23.8 Å². The molecular formula is C15H16ClF2N3S. The Hall–Kier alpha value is -1.11. The third-order valence-corrected chi connectivity index (χ3v) is 5.20. The summed E-state index contributed by atoms with van der Waals surface area (Å²) < 4.78 is 25.5. The molecule has 2 bridgehead atoms. The molecule has 22 heavy (non-hydrogen) atoms. The molecular weight excluding hydrogens is 328 g/mol. The van der Waals surface area contributed by atoms with Crippen LogP contribution < -0.4 is 5.73 Å². The molecule has 3 nitrogen and oxygen atoms in total. The molecule has 0 amide bonds. The molecule has 3 heterocycles. The monoisotopic (exact) mass is 343 g/mol. The van der Waals surface area contributed by atoms with Gasteiger partial charge >= 0.3 is 0 Å². The molecule has 2 aliphatic rings. The van der Waals surface area contributed by atoms with Crippen LogP contribution in [0.15, 0.2) is 30.6 Å². The second-order valence-corrected chi connectivity index (χ2v) is 6.73. The van der Waals surface area contributed by atoms with Crippen molar-refractivity contribution < 1.29 is 8.78 Å². The smallest absolute Gasteiger partial charge is 0.251 e. The SMILES string of the molecule is NC(=S)C1(c2cncc(Cl)c2)C[C@H]2C=C[C@@H](C1)N2CC(F)F. The summed E-state index contributed by atoms with van der Waals surface area (Å²) >= 11 is 11.4. The lowest BCUT2D eigenvalue weighted by Gasteiger charge is -2.46. The normalized spacial score (nSPS) is 30.9. The molecule has 0 aliphatic carbocycles. The van der Waals surface area contributed by atoms with Crippen LogP contribution in [0.2, 0.25) is 5.02 Å². The summed E-state index contributed by atoms with van der Waals surface area (Å²) in [4.78, 5) is 6.31. The van der Waals surface area contributed by atoms with E-state index in [1.54, 1.807) is 12.4 Å². The predicted molar refractivity (Wildman–Crippen MR) is 86.4 cm³/mol. The fraction of sp³-hybridized carbons (Fsp3) is 0.467. The van der Waals surface area contributed by atoms with Gasteiger partial charge in [-0.25, -0.2) is 8.78 Å². The summed E-state index contributed by atoms with van der Waals surface area (Å²) in [5.74, 6) is 0. The van der Waals surface area contributed by atoms with E-state index in [9.17, 15) is 8.78 Å². The average Bonchev–Trinajstić information content (AvgIpc) is 2.70. The second kappa shape index (κ2) is 5.83. The highest BCUT2D eigenvalue weighted by Crippen LogP contribution is 2.45. The van der Waals surface area contributed by atoms with Crippen LogP contribution in [0.1, 0.15) is 18.4 Å².